The summed E-state index contributed by atoms with van der Waals surface area (Å²) in [6.45, 7) is 4.60. The Morgan fingerprint density at radius 3 is 2.35 bits per heavy atom. The molecule has 0 atom stereocenters. The molecule has 1 N–H and O–H groups in total. The number of piperidine rings is 1. The highest BCUT2D eigenvalue weighted by Crippen LogP contribution is 2.35. The number of nitriles is 1. The maximum atomic E-state index is 13.1. The Balaban J connectivity index is 1.36. The van der Waals surface area contributed by atoms with Crippen LogP contribution in [-0.2, 0) is 18.5 Å². The van der Waals surface area contributed by atoms with Crippen LogP contribution in [0.2, 0.25) is 5.02 Å². The number of benzene rings is 3. The average Bonchev–Trinajstić information content (AvgIpc) is 2.86. The number of nitrogens with one attached hydrogen (secondary N) is 1. The van der Waals surface area contributed by atoms with Crippen molar-refractivity contribution in [1.29, 1.82) is 5.26 Å². The smallest absolute Gasteiger partial charge is 0.251 e. The third-order valence-corrected chi connectivity index (χ3v) is 7.12. The minimum absolute atomic E-state index is 0.161. The number of likely N-dealkylation sites (tertiary alicyclic amines) is 1. The van der Waals surface area contributed by atoms with Gasteiger partial charge in [0.25, 0.3) is 5.91 Å². The maximum absolute atomic E-state index is 13.1. The summed E-state index contributed by atoms with van der Waals surface area (Å²) in [4.78, 5) is 14.9. The van der Waals surface area contributed by atoms with Gasteiger partial charge in [0, 0.05) is 36.8 Å². The third kappa shape index (κ3) is 5.30. The van der Waals surface area contributed by atoms with Crippen molar-refractivity contribution < 1.29 is 9.18 Å². The van der Waals surface area contributed by atoms with Gasteiger partial charge in [0.05, 0.1) is 11.5 Å². The van der Waals surface area contributed by atoms with Gasteiger partial charge in [-0.1, -0.05) is 54.1 Å². The second-order valence-electron chi connectivity index (χ2n) is 8.89. The van der Waals surface area contributed by atoms with Gasteiger partial charge in [0.2, 0.25) is 0 Å². The van der Waals surface area contributed by atoms with E-state index < -0.39 is 5.41 Å². The predicted molar refractivity (Wildman–Crippen MR) is 132 cm³/mol. The summed E-state index contributed by atoms with van der Waals surface area (Å²) < 4.78 is 13.1. The first-order valence-corrected chi connectivity index (χ1v) is 11.8. The molecule has 0 radical (unpaired) electrons. The summed E-state index contributed by atoms with van der Waals surface area (Å²) in [5.74, 6) is -0.389. The van der Waals surface area contributed by atoms with Crippen molar-refractivity contribution in [3.63, 3.8) is 0 Å². The minimum atomic E-state index is -0.515. The van der Waals surface area contributed by atoms with E-state index in [1.807, 2.05) is 43.3 Å². The second-order valence-corrected chi connectivity index (χ2v) is 9.30. The van der Waals surface area contributed by atoms with E-state index in [0.717, 1.165) is 54.7 Å². The molecule has 3 aromatic rings. The lowest BCUT2D eigenvalue weighted by atomic mass is 9.74. The molecule has 4 rings (SSSR count). The molecule has 1 saturated heterocycles. The minimum Gasteiger partial charge on any atom is -0.348 e. The first-order chi connectivity index (χ1) is 16.4. The van der Waals surface area contributed by atoms with Crippen LogP contribution in [0.3, 0.4) is 0 Å². The van der Waals surface area contributed by atoms with Gasteiger partial charge in [-0.3, -0.25) is 9.69 Å². The molecule has 1 amide bonds. The van der Waals surface area contributed by atoms with Crippen molar-refractivity contribution >= 4 is 17.5 Å². The zero-order valence-corrected chi connectivity index (χ0v) is 19.9. The normalized spacial score (nSPS) is 15.5. The summed E-state index contributed by atoms with van der Waals surface area (Å²) in [7, 11) is 0. The summed E-state index contributed by atoms with van der Waals surface area (Å²) in [6, 6.07) is 22.4. The summed E-state index contributed by atoms with van der Waals surface area (Å²) >= 11 is 6.13. The van der Waals surface area contributed by atoms with E-state index in [1.54, 1.807) is 18.2 Å². The number of hydrogen-bond acceptors (Lipinski definition) is 3. The number of hydrogen-bond donors (Lipinski definition) is 1. The van der Waals surface area contributed by atoms with E-state index in [2.05, 4.69) is 16.3 Å². The molecule has 174 valence electrons. The largest absolute Gasteiger partial charge is 0.348 e. The highest BCUT2D eigenvalue weighted by atomic mass is 35.5. The number of rotatable bonds is 6. The fraction of sp³-hybridized carbons (Fsp3) is 0.286. The van der Waals surface area contributed by atoms with E-state index in [-0.39, 0.29) is 11.7 Å². The summed E-state index contributed by atoms with van der Waals surface area (Å²) in [6.07, 6.45) is 1.49. The van der Waals surface area contributed by atoms with Gasteiger partial charge in [-0.25, -0.2) is 4.39 Å². The van der Waals surface area contributed by atoms with Crippen LogP contribution in [0.15, 0.2) is 66.7 Å². The lowest BCUT2D eigenvalue weighted by molar-refractivity contribution is 0.0950. The van der Waals surface area contributed by atoms with Gasteiger partial charge in [0.1, 0.15) is 5.82 Å². The Hall–Kier alpha value is -3.20. The van der Waals surface area contributed by atoms with Crippen LogP contribution in [0.4, 0.5) is 4.39 Å². The zero-order valence-electron chi connectivity index (χ0n) is 19.2. The number of carbonyl (C=O) groups excluding carboxylic acids is 1. The van der Waals surface area contributed by atoms with Crippen LogP contribution in [0, 0.1) is 24.1 Å². The molecule has 1 heterocycles. The molecule has 3 aromatic carbocycles. The first kappa shape index (κ1) is 23.9. The van der Waals surface area contributed by atoms with Gasteiger partial charge >= 0.3 is 0 Å². The van der Waals surface area contributed by atoms with Gasteiger partial charge in [0.15, 0.2) is 0 Å². The predicted octanol–water partition coefficient (Wildman–Crippen LogP) is 5.77. The van der Waals surface area contributed by atoms with Crippen molar-refractivity contribution in [2.75, 3.05) is 13.1 Å². The van der Waals surface area contributed by atoms with Crippen LogP contribution < -0.4 is 5.32 Å². The highest BCUT2D eigenvalue weighted by molar-refractivity contribution is 6.31. The van der Waals surface area contributed by atoms with E-state index in [9.17, 15) is 14.4 Å². The van der Waals surface area contributed by atoms with Crippen molar-refractivity contribution in [1.82, 2.24) is 10.2 Å². The SMILES string of the molecule is Cc1c(Cl)cccc1C(=O)NCc1ccc(C2(C#N)CCN(Cc3ccc(F)cc3)CC2)cc1. The van der Waals surface area contributed by atoms with Crippen molar-refractivity contribution in [2.45, 2.75) is 38.3 Å². The Bertz CT molecular complexity index is 1190. The van der Waals surface area contributed by atoms with E-state index in [1.165, 1.54) is 12.1 Å². The molecule has 1 aliphatic heterocycles. The van der Waals surface area contributed by atoms with Gasteiger partial charge < -0.3 is 5.32 Å². The van der Waals surface area contributed by atoms with Gasteiger partial charge in [-0.05, 0) is 66.3 Å². The van der Waals surface area contributed by atoms with Crippen LogP contribution in [0.25, 0.3) is 0 Å². The topological polar surface area (TPSA) is 56.1 Å². The van der Waals surface area contributed by atoms with Crippen molar-refractivity contribution in [3.05, 3.63) is 105 Å². The van der Waals surface area contributed by atoms with Crippen molar-refractivity contribution in [3.8, 4) is 6.07 Å². The fourth-order valence-electron chi connectivity index (χ4n) is 4.48. The quantitative estimate of drug-likeness (QED) is 0.492. The Labute approximate surface area is 205 Å². The van der Waals surface area contributed by atoms with E-state index >= 15 is 0 Å². The molecular weight excluding hydrogens is 449 g/mol. The molecule has 1 aliphatic rings. The lowest BCUT2D eigenvalue weighted by Gasteiger charge is -2.37. The maximum Gasteiger partial charge on any atom is 0.251 e. The third-order valence-electron chi connectivity index (χ3n) is 6.71. The molecule has 34 heavy (non-hydrogen) atoms. The second kappa shape index (κ2) is 10.4. The van der Waals surface area contributed by atoms with Crippen LogP contribution in [-0.4, -0.2) is 23.9 Å². The Morgan fingerprint density at radius 2 is 1.71 bits per heavy atom. The first-order valence-electron chi connectivity index (χ1n) is 11.4. The summed E-state index contributed by atoms with van der Waals surface area (Å²) in [5, 5.41) is 13.6. The van der Waals surface area contributed by atoms with Gasteiger partial charge in [-0.2, -0.15) is 5.26 Å². The van der Waals surface area contributed by atoms with Crippen LogP contribution in [0.5, 0.6) is 0 Å². The fourth-order valence-corrected chi connectivity index (χ4v) is 4.65. The number of carbonyl (C=O) groups is 1. The molecule has 0 saturated carbocycles. The van der Waals surface area contributed by atoms with Crippen LogP contribution >= 0.6 is 11.6 Å². The number of amides is 1. The van der Waals surface area contributed by atoms with Gasteiger partial charge in [-0.15, -0.1) is 0 Å². The molecule has 6 heteroatoms. The molecular formula is C28H27ClFN3O. The molecule has 0 aromatic heterocycles. The number of halogens is 2. The summed E-state index contributed by atoms with van der Waals surface area (Å²) in [5.41, 5.74) is 3.87. The Kier molecular flexibility index (Phi) is 7.31. The molecule has 0 bridgehead atoms. The molecule has 0 spiro atoms. The molecule has 4 nitrogen and oxygen atoms in total. The standard InChI is InChI=1S/C28H27ClFN3O/c1-20-25(3-2-4-26(20)29)27(34)32-17-21-5-9-23(10-6-21)28(19-31)13-15-33(16-14-28)18-22-7-11-24(30)12-8-22/h2-12H,13-18H2,1H3,(H,32,34). The zero-order chi connectivity index (χ0) is 24.1. The van der Waals surface area contributed by atoms with E-state index in [4.69, 9.17) is 11.6 Å². The average molecular weight is 476 g/mol. The van der Waals surface area contributed by atoms with E-state index in [0.29, 0.717) is 17.1 Å². The highest BCUT2D eigenvalue weighted by Gasteiger charge is 2.36. The van der Waals surface area contributed by atoms with Crippen LogP contribution in [0.1, 0.15) is 45.5 Å². The monoisotopic (exact) mass is 475 g/mol. The molecule has 0 aliphatic carbocycles. The Morgan fingerprint density at radius 1 is 1.06 bits per heavy atom. The molecule has 0 unspecified atom stereocenters. The van der Waals surface area contributed by atoms with Crippen molar-refractivity contribution in [2.24, 2.45) is 0 Å². The molecule has 1 fully saturated rings. The number of nitrogens with zero attached hydrogens (tertiary/aromatic N) is 2. The lowest BCUT2D eigenvalue weighted by Crippen LogP contribution is -2.41.